The van der Waals surface area contributed by atoms with Crippen LogP contribution < -0.4 is 10.9 Å². The third-order valence-corrected chi connectivity index (χ3v) is 3.91. The molecule has 8 heteroatoms. The molecule has 0 fully saturated rings. The van der Waals surface area contributed by atoms with Crippen LogP contribution in [0.5, 0.6) is 0 Å². The Labute approximate surface area is 153 Å². The zero-order valence-electron chi connectivity index (χ0n) is 14.1. The van der Waals surface area contributed by atoms with Crippen molar-refractivity contribution in [1.82, 2.24) is 15.1 Å². The van der Waals surface area contributed by atoms with Gasteiger partial charge in [0.1, 0.15) is 11.5 Å². The number of aromatic nitrogens is 2. The molecule has 3 rings (SSSR count). The molecule has 0 saturated carbocycles. The van der Waals surface area contributed by atoms with Crippen LogP contribution in [-0.4, -0.2) is 26.8 Å². The van der Waals surface area contributed by atoms with Crippen molar-refractivity contribution >= 4 is 11.9 Å². The van der Waals surface area contributed by atoms with E-state index in [1.807, 2.05) is 0 Å². The number of para-hydroxylation sites is 1. The summed E-state index contributed by atoms with van der Waals surface area (Å²) in [7, 11) is 0. The predicted octanol–water partition coefficient (Wildman–Crippen LogP) is 2.25. The Morgan fingerprint density at radius 2 is 1.85 bits per heavy atom. The molecular weight excluding hydrogens is 353 g/mol. The summed E-state index contributed by atoms with van der Waals surface area (Å²) < 4.78 is 14.7. The lowest BCUT2D eigenvalue weighted by Crippen LogP contribution is -2.30. The van der Waals surface area contributed by atoms with Gasteiger partial charge in [-0.25, -0.2) is 9.07 Å². The van der Waals surface area contributed by atoms with E-state index in [1.54, 1.807) is 30.3 Å². The normalized spacial score (nSPS) is 11.7. The molecule has 0 bridgehead atoms. The molecule has 138 valence electrons. The van der Waals surface area contributed by atoms with Crippen molar-refractivity contribution < 1.29 is 19.1 Å². The second-order valence-corrected chi connectivity index (χ2v) is 5.86. The lowest BCUT2D eigenvalue weighted by atomic mass is 10.0. The second-order valence-electron chi connectivity index (χ2n) is 5.86. The van der Waals surface area contributed by atoms with Gasteiger partial charge in [-0.15, -0.1) is 0 Å². The van der Waals surface area contributed by atoms with E-state index in [1.165, 1.54) is 22.9 Å². The standard InChI is InChI=1S/C19H16FN3O4/c20-13-6-4-5-12(9-13)15(11-18(25)26)21-19(27)16-10-17(24)23(22-16)14-7-2-1-3-8-14/h1-10,15,22H,11H2,(H,21,27)(H,25,26)/t15-/m0/s1. The molecular formula is C19H16FN3O4. The molecule has 0 unspecified atom stereocenters. The molecule has 0 aliphatic heterocycles. The fourth-order valence-corrected chi connectivity index (χ4v) is 2.67. The van der Waals surface area contributed by atoms with Gasteiger partial charge in [-0.1, -0.05) is 30.3 Å². The summed E-state index contributed by atoms with van der Waals surface area (Å²) in [5.74, 6) is -2.36. The van der Waals surface area contributed by atoms with Crippen LogP contribution in [0, 0.1) is 5.82 Å². The molecule has 3 aromatic rings. The number of rotatable bonds is 6. The number of carboxylic acids is 1. The van der Waals surface area contributed by atoms with Gasteiger partial charge < -0.3 is 10.4 Å². The monoisotopic (exact) mass is 369 g/mol. The van der Waals surface area contributed by atoms with E-state index in [0.29, 0.717) is 11.3 Å². The molecule has 27 heavy (non-hydrogen) atoms. The first-order chi connectivity index (χ1) is 12.9. The Kier molecular flexibility index (Phi) is 5.16. The van der Waals surface area contributed by atoms with Crippen molar-refractivity contribution in [3.05, 3.63) is 88.1 Å². The lowest BCUT2D eigenvalue weighted by Gasteiger charge is -2.17. The molecule has 2 aromatic carbocycles. The number of hydrogen-bond donors (Lipinski definition) is 3. The lowest BCUT2D eigenvalue weighted by molar-refractivity contribution is -0.137. The molecule has 7 nitrogen and oxygen atoms in total. The largest absolute Gasteiger partial charge is 0.481 e. The Hall–Kier alpha value is -3.68. The highest BCUT2D eigenvalue weighted by Crippen LogP contribution is 2.18. The van der Waals surface area contributed by atoms with Crippen LogP contribution in [0.1, 0.15) is 28.5 Å². The third kappa shape index (κ3) is 4.30. The number of nitrogens with one attached hydrogen (secondary N) is 2. The number of benzene rings is 2. The SMILES string of the molecule is O=C(O)C[C@H](NC(=O)c1cc(=O)n(-c2ccccc2)[nH]1)c1cccc(F)c1. The predicted molar refractivity (Wildman–Crippen MR) is 95.2 cm³/mol. The van der Waals surface area contributed by atoms with Crippen molar-refractivity contribution in [1.29, 1.82) is 0 Å². The number of aliphatic carboxylic acids is 1. The van der Waals surface area contributed by atoms with Crippen molar-refractivity contribution in [3.63, 3.8) is 0 Å². The molecule has 1 atom stereocenters. The summed E-state index contributed by atoms with van der Waals surface area (Å²) in [6.07, 6.45) is -0.432. The molecule has 0 spiro atoms. The van der Waals surface area contributed by atoms with E-state index < -0.39 is 35.7 Å². The fraction of sp³-hybridized carbons (Fsp3) is 0.105. The van der Waals surface area contributed by atoms with Crippen LogP contribution in [-0.2, 0) is 4.79 Å². The van der Waals surface area contributed by atoms with E-state index in [4.69, 9.17) is 5.11 Å². The molecule has 1 heterocycles. The summed E-state index contributed by atoms with van der Waals surface area (Å²) in [6, 6.07) is 14.2. The second kappa shape index (κ2) is 7.69. The number of H-pyrrole nitrogens is 1. The van der Waals surface area contributed by atoms with Gasteiger partial charge in [0.15, 0.2) is 0 Å². The van der Waals surface area contributed by atoms with Gasteiger partial charge in [-0.3, -0.25) is 19.5 Å². The minimum Gasteiger partial charge on any atom is -0.481 e. The van der Waals surface area contributed by atoms with Crippen LogP contribution in [0.25, 0.3) is 5.69 Å². The summed E-state index contributed by atoms with van der Waals surface area (Å²) in [5, 5.41) is 14.3. The molecule has 3 N–H and O–H groups in total. The number of carboxylic acid groups (broad SMARTS) is 1. The third-order valence-electron chi connectivity index (χ3n) is 3.91. The zero-order chi connectivity index (χ0) is 19.4. The molecule has 0 radical (unpaired) electrons. The van der Waals surface area contributed by atoms with E-state index in [2.05, 4.69) is 10.4 Å². The smallest absolute Gasteiger partial charge is 0.305 e. The van der Waals surface area contributed by atoms with Gasteiger partial charge in [0.05, 0.1) is 18.2 Å². The first kappa shape index (κ1) is 18.1. The number of carbonyl (C=O) groups excluding carboxylic acids is 1. The van der Waals surface area contributed by atoms with E-state index in [0.717, 1.165) is 12.1 Å². The Morgan fingerprint density at radius 3 is 2.52 bits per heavy atom. The number of aromatic amines is 1. The highest BCUT2D eigenvalue weighted by atomic mass is 19.1. The molecule has 1 amide bonds. The maximum atomic E-state index is 13.5. The van der Waals surface area contributed by atoms with Crippen molar-refractivity contribution in [3.8, 4) is 5.69 Å². The van der Waals surface area contributed by atoms with Gasteiger partial charge in [-0.2, -0.15) is 0 Å². The maximum absolute atomic E-state index is 13.5. The van der Waals surface area contributed by atoms with Crippen LogP contribution in [0.3, 0.4) is 0 Å². The van der Waals surface area contributed by atoms with Gasteiger partial charge in [0.25, 0.3) is 11.5 Å². The average molecular weight is 369 g/mol. The summed E-state index contributed by atoms with van der Waals surface area (Å²) in [4.78, 5) is 35.8. The minimum atomic E-state index is -1.15. The quantitative estimate of drug-likeness (QED) is 0.620. The molecule has 0 aliphatic carbocycles. The van der Waals surface area contributed by atoms with Crippen LogP contribution in [0.2, 0.25) is 0 Å². The fourth-order valence-electron chi connectivity index (χ4n) is 2.67. The first-order valence-corrected chi connectivity index (χ1v) is 8.09. The number of carbonyl (C=O) groups is 2. The Balaban J connectivity index is 1.86. The first-order valence-electron chi connectivity index (χ1n) is 8.09. The van der Waals surface area contributed by atoms with Crippen LogP contribution in [0.4, 0.5) is 4.39 Å². The van der Waals surface area contributed by atoms with Gasteiger partial charge in [0.2, 0.25) is 0 Å². The van der Waals surface area contributed by atoms with E-state index in [9.17, 15) is 18.8 Å². The summed E-state index contributed by atoms with van der Waals surface area (Å²) in [6.45, 7) is 0. The van der Waals surface area contributed by atoms with Gasteiger partial charge in [0, 0.05) is 6.07 Å². The highest BCUT2D eigenvalue weighted by molar-refractivity contribution is 5.92. The Bertz CT molecular complexity index is 1030. The van der Waals surface area contributed by atoms with Gasteiger partial charge in [-0.05, 0) is 29.8 Å². The van der Waals surface area contributed by atoms with Crippen molar-refractivity contribution in [2.75, 3.05) is 0 Å². The van der Waals surface area contributed by atoms with Crippen molar-refractivity contribution in [2.45, 2.75) is 12.5 Å². The number of halogens is 1. The minimum absolute atomic E-state index is 0.0318. The number of amides is 1. The van der Waals surface area contributed by atoms with Gasteiger partial charge >= 0.3 is 5.97 Å². The summed E-state index contributed by atoms with van der Waals surface area (Å²) >= 11 is 0. The number of nitrogens with zero attached hydrogens (tertiary/aromatic N) is 1. The average Bonchev–Trinajstić information content (AvgIpc) is 3.03. The van der Waals surface area contributed by atoms with Crippen molar-refractivity contribution in [2.24, 2.45) is 0 Å². The van der Waals surface area contributed by atoms with Crippen LogP contribution >= 0.6 is 0 Å². The van der Waals surface area contributed by atoms with E-state index >= 15 is 0 Å². The van der Waals surface area contributed by atoms with Crippen LogP contribution in [0.15, 0.2) is 65.5 Å². The topological polar surface area (TPSA) is 104 Å². The molecule has 1 aromatic heterocycles. The maximum Gasteiger partial charge on any atom is 0.305 e. The van der Waals surface area contributed by atoms with E-state index in [-0.39, 0.29) is 5.69 Å². The molecule has 0 saturated heterocycles. The summed E-state index contributed by atoms with van der Waals surface area (Å²) in [5.41, 5.74) is 0.395. The molecule has 0 aliphatic rings. The zero-order valence-corrected chi connectivity index (χ0v) is 14.1. The number of hydrogen-bond acceptors (Lipinski definition) is 3. The highest BCUT2D eigenvalue weighted by Gasteiger charge is 2.21. The Morgan fingerprint density at radius 1 is 1.11 bits per heavy atom.